The Bertz CT molecular complexity index is 521. The molecule has 0 aromatic heterocycles. The molecule has 2 N–H and O–H groups in total. The number of phenols is 1. The van der Waals surface area contributed by atoms with Gasteiger partial charge in [0.2, 0.25) is 0 Å². The molecule has 1 aliphatic rings. The van der Waals surface area contributed by atoms with Crippen LogP contribution in [0.1, 0.15) is 71.2 Å². The van der Waals surface area contributed by atoms with E-state index >= 15 is 0 Å². The molecule has 0 radical (unpaired) electrons. The molecule has 0 unspecified atom stereocenters. The number of rotatable bonds is 2. The predicted octanol–water partition coefficient (Wildman–Crippen LogP) is 4.80. The van der Waals surface area contributed by atoms with E-state index in [0.717, 1.165) is 37.3 Å². The topological polar surface area (TPSA) is 35.5 Å². The van der Waals surface area contributed by atoms with Crippen LogP contribution in [-0.2, 0) is 10.8 Å². The van der Waals surface area contributed by atoms with Gasteiger partial charge in [0, 0.05) is 32.2 Å². The van der Waals surface area contributed by atoms with Crippen LogP contribution in [0.15, 0.2) is 12.1 Å². The number of hydrogen-bond donors (Lipinski definition) is 2. The minimum atomic E-state index is -0.0662. The third-order valence-corrected chi connectivity index (χ3v) is 4.93. The van der Waals surface area contributed by atoms with Gasteiger partial charge in [-0.25, -0.2) is 0 Å². The highest BCUT2D eigenvalue weighted by Crippen LogP contribution is 2.41. The zero-order chi connectivity index (χ0) is 17.4. The van der Waals surface area contributed by atoms with Gasteiger partial charge in [-0.3, -0.25) is 4.90 Å². The van der Waals surface area contributed by atoms with Crippen molar-refractivity contribution in [3.8, 4) is 5.75 Å². The summed E-state index contributed by atoms with van der Waals surface area (Å²) in [5.41, 5.74) is 3.30. The van der Waals surface area contributed by atoms with Crippen molar-refractivity contribution >= 4 is 24.8 Å². The lowest BCUT2D eigenvalue weighted by molar-refractivity contribution is 0.185. The highest BCUT2D eigenvalue weighted by molar-refractivity contribution is 5.85. The Morgan fingerprint density at radius 3 is 1.68 bits per heavy atom. The van der Waals surface area contributed by atoms with Gasteiger partial charge < -0.3 is 10.4 Å². The summed E-state index contributed by atoms with van der Waals surface area (Å²) >= 11 is 0. The number of aromatic hydroxyl groups is 1. The van der Waals surface area contributed by atoms with Crippen molar-refractivity contribution in [2.45, 2.75) is 65.3 Å². The van der Waals surface area contributed by atoms with Crippen LogP contribution in [-0.4, -0.2) is 36.2 Å². The maximum Gasteiger partial charge on any atom is 0.123 e. The van der Waals surface area contributed by atoms with Gasteiger partial charge in [-0.15, -0.1) is 24.8 Å². The lowest BCUT2D eigenvalue weighted by Gasteiger charge is -2.35. The first-order valence-electron chi connectivity index (χ1n) is 8.84. The van der Waals surface area contributed by atoms with Gasteiger partial charge in [0.25, 0.3) is 0 Å². The maximum absolute atomic E-state index is 10.9. The van der Waals surface area contributed by atoms with Crippen molar-refractivity contribution in [3.63, 3.8) is 0 Å². The molecular formula is C20H36Cl2N2O. The number of benzene rings is 1. The summed E-state index contributed by atoms with van der Waals surface area (Å²) in [5, 5.41) is 14.3. The number of piperazine rings is 1. The first-order chi connectivity index (χ1) is 10.5. The fourth-order valence-electron chi connectivity index (χ4n) is 3.32. The van der Waals surface area contributed by atoms with Crippen LogP contribution >= 0.6 is 24.8 Å². The van der Waals surface area contributed by atoms with Crippen LogP contribution < -0.4 is 5.32 Å². The Morgan fingerprint density at radius 2 is 1.32 bits per heavy atom. The normalized spacial score (nSPS) is 17.4. The van der Waals surface area contributed by atoms with Gasteiger partial charge in [-0.1, -0.05) is 41.5 Å². The smallest absolute Gasteiger partial charge is 0.123 e. The zero-order valence-electron chi connectivity index (χ0n) is 16.8. The maximum atomic E-state index is 10.9. The van der Waals surface area contributed by atoms with Crippen LogP contribution in [0.2, 0.25) is 0 Å². The van der Waals surface area contributed by atoms with Crippen molar-refractivity contribution in [1.29, 1.82) is 0 Å². The summed E-state index contributed by atoms with van der Waals surface area (Å²) in [7, 11) is 0. The number of phenolic OH excluding ortho intramolecular Hbond substituents is 1. The van der Waals surface area contributed by atoms with E-state index in [9.17, 15) is 5.11 Å². The molecular weight excluding hydrogens is 355 g/mol. The van der Waals surface area contributed by atoms with Crippen molar-refractivity contribution < 1.29 is 5.11 Å². The summed E-state index contributed by atoms with van der Waals surface area (Å²) in [6, 6.07) is 4.81. The molecule has 1 heterocycles. The number of hydrogen-bond acceptors (Lipinski definition) is 3. The molecule has 1 aromatic rings. The fraction of sp³-hybridized carbons (Fsp3) is 0.700. The molecule has 2 rings (SSSR count). The monoisotopic (exact) mass is 390 g/mol. The van der Waals surface area contributed by atoms with Crippen molar-refractivity contribution in [3.05, 3.63) is 28.8 Å². The number of halogens is 2. The molecule has 0 saturated carbocycles. The molecule has 0 spiro atoms. The lowest BCUT2D eigenvalue weighted by Crippen LogP contribution is -2.44. The van der Waals surface area contributed by atoms with E-state index in [4.69, 9.17) is 0 Å². The summed E-state index contributed by atoms with van der Waals surface area (Å²) in [4.78, 5) is 2.53. The molecule has 0 amide bonds. The van der Waals surface area contributed by atoms with Gasteiger partial charge in [-0.05, 0) is 46.6 Å². The van der Waals surface area contributed by atoms with Crippen molar-refractivity contribution in [2.24, 2.45) is 0 Å². The second kappa shape index (κ2) is 8.94. The Balaban J connectivity index is 0.00000288. The Labute approximate surface area is 166 Å². The molecule has 3 nitrogen and oxygen atoms in total. The number of nitrogens with zero attached hydrogens (tertiary/aromatic N) is 1. The van der Waals surface area contributed by atoms with Crippen LogP contribution in [0, 0.1) is 0 Å². The zero-order valence-corrected chi connectivity index (χ0v) is 18.4. The number of nitrogens with one attached hydrogen (secondary N) is 1. The Morgan fingerprint density at radius 1 is 0.920 bits per heavy atom. The van der Waals surface area contributed by atoms with Gasteiger partial charge in [0.1, 0.15) is 5.75 Å². The summed E-state index contributed by atoms with van der Waals surface area (Å²) in [6.45, 7) is 19.6. The first-order valence-corrected chi connectivity index (χ1v) is 8.84. The van der Waals surface area contributed by atoms with Gasteiger partial charge in [0.05, 0.1) is 0 Å². The van der Waals surface area contributed by atoms with Crippen LogP contribution in [0.3, 0.4) is 0 Å². The van der Waals surface area contributed by atoms with E-state index in [1.54, 1.807) is 0 Å². The average Bonchev–Trinajstić information content (AvgIpc) is 2.45. The Kier molecular flexibility index (Phi) is 8.77. The van der Waals surface area contributed by atoms with Crippen LogP contribution in [0.25, 0.3) is 0 Å². The van der Waals surface area contributed by atoms with Crippen molar-refractivity contribution in [2.75, 3.05) is 26.2 Å². The molecule has 1 fully saturated rings. The first kappa shape index (κ1) is 24.5. The third kappa shape index (κ3) is 5.75. The largest absolute Gasteiger partial charge is 0.507 e. The van der Waals surface area contributed by atoms with E-state index in [-0.39, 0.29) is 35.6 Å². The van der Waals surface area contributed by atoms with E-state index in [0.29, 0.717) is 11.8 Å². The molecule has 0 bridgehead atoms. The minimum Gasteiger partial charge on any atom is -0.507 e. The standard InChI is InChI=1S/C20H34N2O.2ClH/c1-14(22-10-8-21-9-11-22)15-12-16(19(2,3)4)18(23)17(13-15)20(5,6)7;;/h12-14,21,23H,8-11H2,1-7H3;2*1H/t14-;;/m0../s1. The SMILES string of the molecule is C[C@@H](c1cc(C(C)(C)C)c(O)c(C(C)(C)C)c1)N1CCNCC1.Cl.Cl. The molecule has 1 aliphatic heterocycles. The highest BCUT2D eigenvalue weighted by Gasteiger charge is 2.28. The fourth-order valence-corrected chi connectivity index (χ4v) is 3.32. The van der Waals surface area contributed by atoms with Gasteiger partial charge in [0.15, 0.2) is 0 Å². The van der Waals surface area contributed by atoms with E-state index in [1.165, 1.54) is 5.56 Å². The van der Waals surface area contributed by atoms with E-state index in [1.807, 2.05) is 0 Å². The van der Waals surface area contributed by atoms with Crippen LogP contribution in [0.5, 0.6) is 5.75 Å². The van der Waals surface area contributed by atoms with E-state index in [2.05, 4.69) is 70.8 Å². The minimum absolute atomic E-state index is 0. The quantitative estimate of drug-likeness (QED) is 0.760. The summed E-state index contributed by atoms with van der Waals surface area (Å²) < 4.78 is 0. The van der Waals surface area contributed by atoms with Crippen molar-refractivity contribution in [1.82, 2.24) is 10.2 Å². The molecule has 0 aliphatic carbocycles. The molecule has 1 atom stereocenters. The van der Waals surface area contributed by atoms with E-state index < -0.39 is 0 Å². The predicted molar refractivity (Wildman–Crippen MR) is 113 cm³/mol. The molecule has 1 saturated heterocycles. The summed E-state index contributed by atoms with van der Waals surface area (Å²) in [5.74, 6) is 0.473. The summed E-state index contributed by atoms with van der Waals surface area (Å²) in [6.07, 6.45) is 0. The second-order valence-electron chi connectivity index (χ2n) is 8.93. The highest BCUT2D eigenvalue weighted by atomic mass is 35.5. The molecule has 1 aromatic carbocycles. The van der Waals surface area contributed by atoms with Gasteiger partial charge in [-0.2, -0.15) is 0 Å². The molecule has 5 heteroatoms. The second-order valence-corrected chi connectivity index (χ2v) is 8.93. The lowest BCUT2D eigenvalue weighted by atomic mass is 9.77. The Hall–Kier alpha value is -0.480. The molecule has 146 valence electrons. The average molecular weight is 391 g/mol. The van der Waals surface area contributed by atoms with Gasteiger partial charge >= 0.3 is 0 Å². The molecule has 25 heavy (non-hydrogen) atoms. The third-order valence-electron chi connectivity index (χ3n) is 4.93. The van der Waals surface area contributed by atoms with Crippen LogP contribution in [0.4, 0.5) is 0 Å².